The van der Waals surface area contributed by atoms with Crippen LogP contribution in [0.2, 0.25) is 0 Å². The molecule has 0 aliphatic heterocycles. The lowest BCUT2D eigenvalue weighted by atomic mass is 10.1. The van der Waals surface area contributed by atoms with E-state index >= 15 is 0 Å². The van der Waals surface area contributed by atoms with Gasteiger partial charge in [-0.05, 0) is 12.5 Å². The number of fused-ring (bicyclic) bond motifs is 1. The summed E-state index contributed by atoms with van der Waals surface area (Å²) in [5.41, 5.74) is 2.80. The molecule has 0 atom stereocenters. The summed E-state index contributed by atoms with van der Waals surface area (Å²) in [6.45, 7) is 2.35. The van der Waals surface area contributed by atoms with Gasteiger partial charge in [0.1, 0.15) is 5.56 Å². The van der Waals surface area contributed by atoms with E-state index in [1.807, 2.05) is 43.3 Å². The average Bonchev–Trinajstić information content (AvgIpc) is 2.97. The Labute approximate surface area is 122 Å². The van der Waals surface area contributed by atoms with Crippen molar-refractivity contribution in [3.05, 3.63) is 54.4 Å². The molecule has 0 fully saturated rings. The highest BCUT2D eigenvalue weighted by Crippen LogP contribution is 2.20. The van der Waals surface area contributed by atoms with Crippen molar-refractivity contribution in [2.24, 2.45) is 0 Å². The number of aromatic nitrogens is 3. The SMILES string of the molecule is CCCOC(=O)c1cnn2c(-c3ccccc3)ccnc12. The van der Waals surface area contributed by atoms with Crippen molar-refractivity contribution in [3.8, 4) is 11.3 Å². The van der Waals surface area contributed by atoms with Gasteiger partial charge in [-0.1, -0.05) is 37.3 Å². The molecule has 3 aromatic rings. The maximum atomic E-state index is 12.0. The van der Waals surface area contributed by atoms with Crippen molar-refractivity contribution in [3.63, 3.8) is 0 Å². The fourth-order valence-corrected chi connectivity index (χ4v) is 2.14. The van der Waals surface area contributed by atoms with E-state index in [1.165, 1.54) is 6.20 Å². The molecule has 0 amide bonds. The van der Waals surface area contributed by atoms with E-state index in [0.29, 0.717) is 17.8 Å². The van der Waals surface area contributed by atoms with Gasteiger partial charge in [0, 0.05) is 11.8 Å². The molecule has 0 saturated heterocycles. The number of rotatable bonds is 4. The van der Waals surface area contributed by atoms with Crippen molar-refractivity contribution in [1.82, 2.24) is 14.6 Å². The van der Waals surface area contributed by atoms with E-state index in [9.17, 15) is 4.79 Å². The highest BCUT2D eigenvalue weighted by molar-refractivity contribution is 5.95. The van der Waals surface area contributed by atoms with Crippen LogP contribution in [0.15, 0.2) is 48.8 Å². The Morgan fingerprint density at radius 1 is 1.24 bits per heavy atom. The molecule has 0 spiro atoms. The van der Waals surface area contributed by atoms with Crippen molar-refractivity contribution in [2.75, 3.05) is 6.61 Å². The quantitative estimate of drug-likeness (QED) is 0.690. The second kappa shape index (κ2) is 5.75. The monoisotopic (exact) mass is 281 g/mol. The number of nitrogens with zero attached hydrogens (tertiary/aromatic N) is 3. The molecule has 1 aromatic carbocycles. The van der Waals surface area contributed by atoms with Crippen molar-refractivity contribution in [1.29, 1.82) is 0 Å². The summed E-state index contributed by atoms with van der Waals surface area (Å²) in [6.07, 6.45) is 3.97. The Bertz CT molecular complexity index is 766. The Balaban J connectivity index is 2.06. The zero-order valence-electron chi connectivity index (χ0n) is 11.7. The highest BCUT2D eigenvalue weighted by Gasteiger charge is 2.16. The lowest BCUT2D eigenvalue weighted by Gasteiger charge is -2.05. The molecular formula is C16H15N3O2. The first-order valence-electron chi connectivity index (χ1n) is 6.86. The molecule has 5 heteroatoms. The van der Waals surface area contributed by atoms with Crippen molar-refractivity contribution < 1.29 is 9.53 Å². The molecule has 5 nitrogen and oxygen atoms in total. The first-order chi connectivity index (χ1) is 10.3. The molecule has 0 aliphatic rings. The van der Waals surface area contributed by atoms with Gasteiger partial charge in [0.2, 0.25) is 0 Å². The molecule has 3 rings (SSSR count). The molecule has 21 heavy (non-hydrogen) atoms. The zero-order valence-corrected chi connectivity index (χ0v) is 11.7. The topological polar surface area (TPSA) is 56.5 Å². The van der Waals surface area contributed by atoms with E-state index in [2.05, 4.69) is 10.1 Å². The molecule has 0 aliphatic carbocycles. The van der Waals surface area contributed by atoms with Gasteiger partial charge in [0.05, 0.1) is 18.5 Å². The van der Waals surface area contributed by atoms with Crippen LogP contribution in [0.5, 0.6) is 0 Å². The van der Waals surface area contributed by atoms with Gasteiger partial charge in [-0.15, -0.1) is 0 Å². The summed E-state index contributed by atoms with van der Waals surface area (Å²) >= 11 is 0. The molecule has 0 bridgehead atoms. The molecule has 0 N–H and O–H groups in total. The Kier molecular flexibility index (Phi) is 3.64. The van der Waals surface area contributed by atoms with E-state index in [1.54, 1.807) is 10.7 Å². The molecular weight excluding hydrogens is 266 g/mol. The number of ether oxygens (including phenoxy) is 1. The summed E-state index contributed by atoms with van der Waals surface area (Å²) in [6, 6.07) is 11.7. The van der Waals surface area contributed by atoms with Gasteiger partial charge in [-0.3, -0.25) is 0 Å². The molecule has 2 heterocycles. The normalized spacial score (nSPS) is 10.7. The van der Waals surface area contributed by atoms with E-state index < -0.39 is 0 Å². The van der Waals surface area contributed by atoms with Crippen LogP contribution < -0.4 is 0 Å². The predicted octanol–water partition coefficient (Wildman–Crippen LogP) is 2.96. The van der Waals surface area contributed by atoms with Gasteiger partial charge in [0.25, 0.3) is 0 Å². The molecule has 0 radical (unpaired) electrons. The number of hydrogen-bond acceptors (Lipinski definition) is 4. The Morgan fingerprint density at radius 3 is 2.81 bits per heavy atom. The molecule has 106 valence electrons. The van der Waals surface area contributed by atoms with Gasteiger partial charge < -0.3 is 4.74 Å². The third-order valence-electron chi connectivity index (χ3n) is 3.13. The van der Waals surface area contributed by atoms with Gasteiger partial charge in [0.15, 0.2) is 5.65 Å². The predicted molar refractivity (Wildman–Crippen MR) is 79.0 cm³/mol. The summed E-state index contributed by atoms with van der Waals surface area (Å²) in [7, 11) is 0. The van der Waals surface area contributed by atoms with Gasteiger partial charge >= 0.3 is 5.97 Å². The number of carbonyl (C=O) groups excluding carboxylic acids is 1. The van der Waals surface area contributed by atoms with Crippen LogP contribution in [-0.2, 0) is 4.74 Å². The minimum Gasteiger partial charge on any atom is -0.462 e. The van der Waals surface area contributed by atoms with Crippen LogP contribution in [0.25, 0.3) is 16.9 Å². The zero-order chi connectivity index (χ0) is 14.7. The fraction of sp³-hybridized carbons (Fsp3) is 0.188. The number of hydrogen-bond donors (Lipinski definition) is 0. The second-order valence-electron chi connectivity index (χ2n) is 4.63. The molecule has 0 saturated carbocycles. The maximum Gasteiger partial charge on any atom is 0.343 e. The minimum atomic E-state index is -0.385. The van der Waals surface area contributed by atoms with Gasteiger partial charge in [-0.2, -0.15) is 5.10 Å². The molecule has 0 unspecified atom stereocenters. The van der Waals surface area contributed by atoms with Crippen LogP contribution in [-0.4, -0.2) is 27.2 Å². The van der Waals surface area contributed by atoms with Crippen molar-refractivity contribution >= 4 is 11.6 Å². The third kappa shape index (κ3) is 2.50. The maximum absolute atomic E-state index is 12.0. The smallest absolute Gasteiger partial charge is 0.343 e. The van der Waals surface area contributed by atoms with Crippen LogP contribution >= 0.6 is 0 Å². The number of carbonyl (C=O) groups is 1. The average molecular weight is 281 g/mol. The number of esters is 1. The first-order valence-corrected chi connectivity index (χ1v) is 6.86. The van der Waals surface area contributed by atoms with Crippen LogP contribution in [0.1, 0.15) is 23.7 Å². The van der Waals surface area contributed by atoms with Gasteiger partial charge in [-0.25, -0.2) is 14.3 Å². The summed E-state index contributed by atoms with van der Waals surface area (Å²) in [4.78, 5) is 16.3. The number of benzene rings is 1. The van der Waals surface area contributed by atoms with E-state index in [0.717, 1.165) is 17.7 Å². The summed E-state index contributed by atoms with van der Waals surface area (Å²) < 4.78 is 6.82. The summed E-state index contributed by atoms with van der Waals surface area (Å²) in [5.74, 6) is -0.385. The standard InChI is InChI=1S/C16H15N3O2/c1-2-10-21-16(20)13-11-18-19-14(8-9-17-15(13)19)12-6-4-3-5-7-12/h3-9,11H,2,10H2,1H3. The van der Waals surface area contributed by atoms with Crippen LogP contribution in [0.4, 0.5) is 0 Å². The van der Waals surface area contributed by atoms with E-state index in [4.69, 9.17) is 4.74 Å². The Morgan fingerprint density at radius 2 is 2.05 bits per heavy atom. The first kappa shape index (κ1) is 13.3. The highest BCUT2D eigenvalue weighted by atomic mass is 16.5. The fourth-order valence-electron chi connectivity index (χ4n) is 2.14. The minimum absolute atomic E-state index is 0.385. The van der Waals surface area contributed by atoms with E-state index in [-0.39, 0.29) is 5.97 Å². The van der Waals surface area contributed by atoms with Crippen molar-refractivity contribution in [2.45, 2.75) is 13.3 Å². The second-order valence-corrected chi connectivity index (χ2v) is 4.63. The van der Waals surface area contributed by atoms with Crippen LogP contribution in [0.3, 0.4) is 0 Å². The summed E-state index contributed by atoms with van der Waals surface area (Å²) in [5, 5.41) is 4.28. The van der Waals surface area contributed by atoms with Crippen LogP contribution in [0, 0.1) is 0 Å². The Hall–Kier alpha value is -2.69. The largest absolute Gasteiger partial charge is 0.462 e. The lowest BCUT2D eigenvalue weighted by molar-refractivity contribution is 0.0507. The molecule has 2 aromatic heterocycles. The third-order valence-corrected chi connectivity index (χ3v) is 3.13. The lowest BCUT2D eigenvalue weighted by Crippen LogP contribution is -2.06.